The van der Waals surface area contributed by atoms with Gasteiger partial charge in [0.15, 0.2) is 11.6 Å². The first-order valence-electron chi connectivity index (χ1n) is 15.1. The van der Waals surface area contributed by atoms with Gasteiger partial charge in [-0.1, -0.05) is 67.4 Å². The fourth-order valence-corrected chi connectivity index (χ4v) is 7.38. The van der Waals surface area contributed by atoms with Gasteiger partial charge in [-0.25, -0.2) is 18.2 Å². The number of carbonyl (C=O) groups is 1. The Labute approximate surface area is 257 Å². The molecule has 0 amide bonds. The number of aromatic amines is 1. The summed E-state index contributed by atoms with van der Waals surface area (Å²) in [6.07, 6.45) is 5.53. The van der Waals surface area contributed by atoms with E-state index in [0.717, 1.165) is 48.9 Å². The van der Waals surface area contributed by atoms with Gasteiger partial charge in [0, 0.05) is 34.8 Å². The molecule has 226 valence electrons. The van der Waals surface area contributed by atoms with Gasteiger partial charge in [0.2, 0.25) is 0 Å². The van der Waals surface area contributed by atoms with Crippen molar-refractivity contribution >= 4 is 22.7 Å². The number of H-pyrrole nitrogens is 1. The van der Waals surface area contributed by atoms with Crippen molar-refractivity contribution in [2.45, 2.75) is 38.1 Å². The summed E-state index contributed by atoms with van der Waals surface area (Å²) in [6, 6.07) is 20.2. The average Bonchev–Trinajstić information content (AvgIpc) is 3.47. The van der Waals surface area contributed by atoms with Crippen molar-refractivity contribution in [2.24, 2.45) is 17.8 Å². The van der Waals surface area contributed by atoms with Crippen molar-refractivity contribution in [1.82, 2.24) is 9.97 Å². The maximum absolute atomic E-state index is 16.7. The normalized spacial score (nSPS) is 20.9. The van der Waals surface area contributed by atoms with Crippen LogP contribution < -0.4 is 5.32 Å². The topological polar surface area (TPSA) is 102 Å². The number of carboxylic acids is 1. The van der Waals surface area contributed by atoms with Gasteiger partial charge >= 0.3 is 5.97 Å². The minimum Gasteiger partial charge on any atom is -0.481 e. The number of anilines is 1. The number of rotatable bonds is 6. The SMILES string of the molecule is N#Cc1c(-c2c[nH]c3c(F)cc(F)cc23)nc(NC2C3CCCC(C3)CC2C(=O)O)c(F)c1-c1ccc(-c2ccccc2)cc1. The van der Waals surface area contributed by atoms with Crippen LogP contribution in [0.3, 0.4) is 0 Å². The van der Waals surface area contributed by atoms with E-state index in [1.54, 1.807) is 12.1 Å². The van der Waals surface area contributed by atoms with Crippen molar-refractivity contribution in [1.29, 1.82) is 5.26 Å². The molecule has 2 heterocycles. The van der Waals surface area contributed by atoms with Gasteiger partial charge in [-0.3, -0.25) is 4.79 Å². The number of fused-ring (bicyclic) bond motifs is 3. The molecule has 0 aliphatic heterocycles. The third-order valence-corrected chi connectivity index (χ3v) is 9.46. The molecule has 3 N–H and O–H groups in total. The monoisotopic (exact) mass is 606 g/mol. The highest BCUT2D eigenvalue weighted by Crippen LogP contribution is 2.45. The molecule has 0 saturated heterocycles. The van der Waals surface area contributed by atoms with Crippen molar-refractivity contribution in [2.75, 3.05) is 5.32 Å². The predicted molar refractivity (Wildman–Crippen MR) is 166 cm³/mol. The van der Waals surface area contributed by atoms with Crippen LogP contribution in [0.5, 0.6) is 0 Å². The van der Waals surface area contributed by atoms with Crippen molar-refractivity contribution in [3.05, 3.63) is 95.9 Å². The number of hydrogen-bond acceptors (Lipinski definition) is 4. The van der Waals surface area contributed by atoms with Crippen molar-refractivity contribution in [3.8, 4) is 39.6 Å². The van der Waals surface area contributed by atoms with Gasteiger partial charge in [-0.15, -0.1) is 0 Å². The second kappa shape index (κ2) is 11.4. The maximum Gasteiger partial charge on any atom is 0.308 e. The zero-order valence-corrected chi connectivity index (χ0v) is 24.2. The molecule has 0 spiro atoms. The summed E-state index contributed by atoms with van der Waals surface area (Å²) in [5.41, 5.74) is 2.41. The number of aliphatic carboxylic acids is 1. The third kappa shape index (κ3) is 5.10. The lowest BCUT2D eigenvalue weighted by Crippen LogP contribution is -2.47. The van der Waals surface area contributed by atoms with E-state index in [-0.39, 0.29) is 45.0 Å². The van der Waals surface area contributed by atoms with Gasteiger partial charge in [0.1, 0.15) is 17.7 Å². The first-order chi connectivity index (χ1) is 21.8. The molecule has 5 aromatic rings. The second-order valence-corrected chi connectivity index (χ2v) is 12.1. The molecule has 9 heteroatoms. The minimum absolute atomic E-state index is 0.0174. The van der Waals surface area contributed by atoms with Crippen molar-refractivity contribution < 1.29 is 23.1 Å². The first kappa shape index (κ1) is 28.7. The predicted octanol–water partition coefficient (Wildman–Crippen LogP) is 8.54. The second-order valence-electron chi connectivity index (χ2n) is 12.1. The number of aromatic nitrogens is 2. The fraction of sp³-hybridized carbons (Fsp3) is 0.250. The maximum atomic E-state index is 16.7. The Hall–Kier alpha value is -5.10. The fourth-order valence-electron chi connectivity index (χ4n) is 7.38. The molecule has 2 saturated carbocycles. The summed E-state index contributed by atoms with van der Waals surface area (Å²) in [7, 11) is 0. The van der Waals surface area contributed by atoms with Gasteiger partial charge < -0.3 is 15.4 Å². The van der Waals surface area contributed by atoms with E-state index in [0.29, 0.717) is 17.9 Å². The lowest BCUT2D eigenvalue weighted by atomic mass is 9.65. The summed E-state index contributed by atoms with van der Waals surface area (Å²) in [4.78, 5) is 19.8. The number of hydrogen-bond donors (Lipinski definition) is 3. The number of nitrogens with zero attached hydrogens (tertiary/aromatic N) is 2. The van der Waals surface area contributed by atoms with E-state index in [2.05, 4.69) is 21.4 Å². The number of nitrogens with one attached hydrogen (secondary N) is 2. The summed E-state index contributed by atoms with van der Waals surface area (Å²) in [5, 5.41) is 23.9. The lowest BCUT2D eigenvalue weighted by molar-refractivity contribution is -0.145. The molecule has 2 aliphatic carbocycles. The summed E-state index contributed by atoms with van der Waals surface area (Å²) in [5.74, 6) is -3.97. The van der Waals surface area contributed by atoms with Gasteiger partial charge in [0.25, 0.3) is 0 Å². The Balaban J connectivity index is 1.42. The number of halogens is 3. The summed E-state index contributed by atoms with van der Waals surface area (Å²) < 4.78 is 45.8. The molecule has 3 aromatic carbocycles. The molecule has 7 rings (SSSR count). The van der Waals surface area contributed by atoms with Gasteiger partial charge in [-0.2, -0.15) is 5.26 Å². The van der Waals surface area contributed by atoms with Crippen LogP contribution in [-0.4, -0.2) is 27.1 Å². The zero-order valence-electron chi connectivity index (χ0n) is 24.2. The van der Waals surface area contributed by atoms with E-state index in [1.165, 1.54) is 6.20 Å². The highest BCUT2D eigenvalue weighted by molar-refractivity contribution is 5.98. The quantitative estimate of drug-likeness (QED) is 0.180. The van der Waals surface area contributed by atoms with E-state index in [4.69, 9.17) is 0 Å². The number of carboxylic acid groups (broad SMARTS) is 1. The molecule has 0 radical (unpaired) electrons. The van der Waals surface area contributed by atoms with E-state index in [9.17, 15) is 23.9 Å². The molecule has 6 nitrogen and oxygen atoms in total. The van der Waals surface area contributed by atoms with Crippen LogP contribution in [0.25, 0.3) is 44.4 Å². The Morgan fingerprint density at radius 1 is 0.978 bits per heavy atom. The first-order valence-corrected chi connectivity index (χ1v) is 15.1. The Morgan fingerprint density at radius 3 is 2.44 bits per heavy atom. The van der Waals surface area contributed by atoms with Crippen LogP contribution in [0.15, 0.2) is 72.9 Å². The Bertz CT molecular complexity index is 1970. The largest absolute Gasteiger partial charge is 0.481 e. The molecule has 2 aromatic heterocycles. The van der Waals surface area contributed by atoms with Crippen LogP contribution in [0.4, 0.5) is 19.0 Å². The van der Waals surface area contributed by atoms with E-state index >= 15 is 4.39 Å². The molecule has 2 bridgehead atoms. The van der Waals surface area contributed by atoms with Crippen LogP contribution in [-0.2, 0) is 4.79 Å². The molecular weight excluding hydrogens is 577 g/mol. The Kier molecular flexibility index (Phi) is 7.28. The van der Waals surface area contributed by atoms with E-state index in [1.807, 2.05) is 42.5 Å². The molecule has 4 atom stereocenters. The summed E-state index contributed by atoms with van der Waals surface area (Å²) in [6.45, 7) is 0. The smallest absolute Gasteiger partial charge is 0.308 e. The molecular formula is C36H29F3N4O2. The molecule has 2 aliphatic rings. The standard InChI is InChI=1S/C36H29F3N4O2/c37-24-15-25-28(18-41-34(25)29(38)16-24)33-27(17-40)30(22-11-9-21(10-12-22)20-6-2-1-3-7-20)31(39)35(43-33)42-32-23-8-4-5-19(13-23)14-26(32)36(44)45/h1-3,6-7,9-12,15-16,18-19,23,26,32,41H,4-5,8,13-14H2,(H,42,43)(H,44,45). The number of pyridine rings is 1. The van der Waals surface area contributed by atoms with Crippen LogP contribution in [0.2, 0.25) is 0 Å². The van der Waals surface area contributed by atoms with E-state index < -0.39 is 35.4 Å². The average molecular weight is 607 g/mol. The zero-order chi connectivity index (χ0) is 31.2. The van der Waals surface area contributed by atoms with Crippen LogP contribution >= 0.6 is 0 Å². The van der Waals surface area contributed by atoms with Gasteiger partial charge in [0.05, 0.1) is 22.7 Å². The van der Waals surface area contributed by atoms with Crippen LogP contribution in [0.1, 0.15) is 37.7 Å². The summed E-state index contributed by atoms with van der Waals surface area (Å²) >= 11 is 0. The highest BCUT2D eigenvalue weighted by atomic mass is 19.1. The Morgan fingerprint density at radius 2 is 1.71 bits per heavy atom. The van der Waals surface area contributed by atoms with Crippen LogP contribution in [0, 0.1) is 46.5 Å². The van der Waals surface area contributed by atoms with Gasteiger partial charge in [-0.05, 0) is 53.9 Å². The number of nitriles is 1. The minimum atomic E-state index is -0.947. The van der Waals surface area contributed by atoms with Crippen molar-refractivity contribution in [3.63, 3.8) is 0 Å². The molecule has 45 heavy (non-hydrogen) atoms. The molecule has 2 fully saturated rings. The number of benzene rings is 3. The lowest BCUT2D eigenvalue weighted by Gasteiger charge is -2.44. The highest BCUT2D eigenvalue weighted by Gasteiger charge is 2.44. The molecule has 4 unspecified atom stereocenters. The third-order valence-electron chi connectivity index (χ3n) is 9.46.